The number of carbonyl (C=O) groups is 1. The van der Waals surface area contributed by atoms with E-state index in [-0.39, 0.29) is 11.2 Å². The summed E-state index contributed by atoms with van der Waals surface area (Å²) in [7, 11) is 0. The van der Waals surface area contributed by atoms with Crippen LogP contribution >= 0.6 is 27.5 Å². The smallest absolute Gasteiger partial charge is 0.224 e. The summed E-state index contributed by atoms with van der Waals surface area (Å²) < 4.78 is 0. The minimum atomic E-state index is -0.191. The van der Waals surface area contributed by atoms with Gasteiger partial charge in [-0.3, -0.25) is 4.79 Å². The van der Waals surface area contributed by atoms with Crippen LogP contribution < -0.4 is 0 Å². The van der Waals surface area contributed by atoms with Gasteiger partial charge >= 0.3 is 0 Å². The van der Waals surface area contributed by atoms with E-state index in [0.717, 1.165) is 24.6 Å². The van der Waals surface area contributed by atoms with Crippen LogP contribution in [0.1, 0.15) is 26.2 Å². The van der Waals surface area contributed by atoms with Gasteiger partial charge in [0.1, 0.15) is 0 Å². The largest absolute Gasteiger partial charge is 0.281 e. The lowest BCUT2D eigenvalue weighted by molar-refractivity contribution is -0.115. The predicted molar refractivity (Wildman–Crippen MR) is 47.7 cm³/mol. The second-order valence-corrected chi connectivity index (χ2v) is 3.41. The van der Waals surface area contributed by atoms with Crippen LogP contribution in [-0.4, -0.2) is 10.6 Å². The Hall–Kier alpha value is 0.440. The van der Waals surface area contributed by atoms with Crippen LogP contribution in [0.3, 0.4) is 0 Å². The van der Waals surface area contributed by atoms with Gasteiger partial charge in [0.15, 0.2) is 0 Å². The van der Waals surface area contributed by atoms with Gasteiger partial charge in [0.2, 0.25) is 5.24 Å². The maximum Gasteiger partial charge on any atom is 0.224 e. The fourth-order valence-corrected chi connectivity index (χ4v) is 1.39. The summed E-state index contributed by atoms with van der Waals surface area (Å²) in [5, 5.41) is 0.761. The van der Waals surface area contributed by atoms with E-state index >= 15 is 0 Å². The van der Waals surface area contributed by atoms with Crippen LogP contribution in [0.5, 0.6) is 0 Å². The summed E-state index contributed by atoms with van der Waals surface area (Å²) in [6.45, 7) is 1.99. The van der Waals surface area contributed by atoms with Crippen molar-refractivity contribution in [3.05, 3.63) is 0 Å². The topological polar surface area (TPSA) is 17.1 Å². The minimum Gasteiger partial charge on any atom is -0.281 e. The van der Waals surface area contributed by atoms with E-state index in [9.17, 15) is 4.79 Å². The van der Waals surface area contributed by atoms with E-state index < -0.39 is 0 Å². The van der Waals surface area contributed by atoms with Crippen molar-refractivity contribution in [2.45, 2.75) is 26.2 Å². The third-order valence-corrected chi connectivity index (χ3v) is 2.37. The van der Waals surface area contributed by atoms with Crippen molar-refractivity contribution in [3.63, 3.8) is 0 Å². The normalized spacial score (nSPS) is 13.1. The molecule has 1 atom stereocenters. The fourth-order valence-electron chi connectivity index (χ4n) is 0.802. The van der Waals surface area contributed by atoms with E-state index in [2.05, 4.69) is 15.9 Å². The molecule has 1 nitrogen and oxygen atoms in total. The molecule has 0 saturated carbocycles. The van der Waals surface area contributed by atoms with E-state index in [1.54, 1.807) is 0 Å². The molecule has 0 fully saturated rings. The molecule has 0 bridgehead atoms. The van der Waals surface area contributed by atoms with E-state index in [4.69, 9.17) is 11.6 Å². The molecular formula is C7H12BrClO. The van der Waals surface area contributed by atoms with Gasteiger partial charge in [-0.25, -0.2) is 0 Å². The molecule has 1 unspecified atom stereocenters. The Balaban J connectivity index is 3.50. The molecule has 0 amide bonds. The lowest BCUT2D eigenvalue weighted by atomic mass is 10.0. The van der Waals surface area contributed by atoms with Gasteiger partial charge in [0.25, 0.3) is 0 Å². The second kappa shape index (κ2) is 6.17. The molecule has 0 aromatic heterocycles. The predicted octanol–water partition coefficient (Wildman–Crippen LogP) is 2.95. The molecule has 0 aliphatic carbocycles. The number of alkyl halides is 1. The molecule has 0 spiro atoms. The molecule has 0 radical (unpaired) electrons. The number of halogens is 2. The lowest BCUT2D eigenvalue weighted by Crippen LogP contribution is -2.07. The summed E-state index contributed by atoms with van der Waals surface area (Å²) in [4.78, 5) is 10.6. The summed E-state index contributed by atoms with van der Waals surface area (Å²) in [5.74, 6) is 0.0687. The Morgan fingerprint density at radius 2 is 2.30 bits per heavy atom. The van der Waals surface area contributed by atoms with Gasteiger partial charge in [-0.2, -0.15) is 0 Å². The molecule has 3 heteroatoms. The number of rotatable bonds is 5. The van der Waals surface area contributed by atoms with E-state index in [1.165, 1.54) is 0 Å². The average molecular weight is 228 g/mol. The highest BCUT2D eigenvalue weighted by Crippen LogP contribution is 2.14. The first kappa shape index (κ1) is 10.4. The Morgan fingerprint density at radius 1 is 1.70 bits per heavy atom. The van der Waals surface area contributed by atoms with Crippen LogP contribution in [-0.2, 0) is 4.79 Å². The first-order valence-electron chi connectivity index (χ1n) is 3.47. The minimum absolute atomic E-state index is 0.0687. The summed E-state index contributed by atoms with van der Waals surface area (Å²) in [5.41, 5.74) is 0. The highest BCUT2D eigenvalue weighted by Gasteiger charge is 2.12. The zero-order chi connectivity index (χ0) is 7.98. The zero-order valence-corrected chi connectivity index (χ0v) is 8.41. The van der Waals surface area contributed by atoms with Crippen LogP contribution in [0.2, 0.25) is 0 Å². The van der Waals surface area contributed by atoms with Crippen molar-refractivity contribution in [1.29, 1.82) is 0 Å². The molecule has 0 aliphatic heterocycles. The van der Waals surface area contributed by atoms with Crippen LogP contribution in [0.25, 0.3) is 0 Å². The van der Waals surface area contributed by atoms with Crippen LogP contribution in [0, 0.1) is 5.92 Å². The van der Waals surface area contributed by atoms with Gasteiger partial charge < -0.3 is 0 Å². The average Bonchev–Trinajstić information content (AvgIpc) is 1.89. The SMILES string of the molecule is CCC(CCCBr)C(=O)Cl. The quantitative estimate of drug-likeness (QED) is 0.521. The number of hydrogen-bond acceptors (Lipinski definition) is 1. The van der Waals surface area contributed by atoms with E-state index in [1.807, 2.05) is 6.92 Å². The maximum absolute atomic E-state index is 10.6. The van der Waals surface area contributed by atoms with Crippen molar-refractivity contribution in [2.24, 2.45) is 5.92 Å². The van der Waals surface area contributed by atoms with Crippen LogP contribution in [0.15, 0.2) is 0 Å². The molecule has 0 N–H and O–H groups in total. The monoisotopic (exact) mass is 226 g/mol. The van der Waals surface area contributed by atoms with E-state index in [0.29, 0.717) is 0 Å². The molecule has 0 aliphatic rings. The number of hydrogen-bond donors (Lipinski definition) is 0. The lowest BCUT2D eigenvalue weighted by Gasteiger charge is -2.06. The molecule has 0 heterocycles. The zero-order valence-electron chi connectivity index (χ0n) is 6.07. The summed E-state index contributed by atoms with van der Waals surface area (Å²) in [6.07, 6.45) is 2.79. The molecule has 0 rings (SSSR count). The molecule has 0 aromatic carbocycles. The van der Waals surface area contributed by atoms with Gasteiger partial charge in [-0.15, -0.1) is 0 Å². The molecule has 10 heavy (non-hydrogen) atoms. The number of carbonyl (C=O) groups excluding carboxylic acids is 1. The van der Waals surface area contributed by atoms with Crippen molar-refractivity contribution < 1.29 is 4.79 Å². The Morgan fingerprint density at radius 3 is 2.60 bits per heavy atom. The van der Waals surface area contributed by atoms with Gasteiger partial charge in [-0.05, 0) is 30.9 Å². The first-order chi connectivity index (χ1) is 4.72. The highest BCUT2D eigenvalue weighted by molar-refractivity contribution is 9.09. The second-order valence-electron chi connectivity index (χ2n) is 2.24. The van der Waals surface area contributed by atoms with Gasteiger partial charge in [-0.1, -0.05) is 22.9 Å². The summed E-state index contributed by atoms with van der Waals surface area (Å²) in [6, 6.07) is 0. The van der Waals surface area contributed by atoms with Crippen molar-refractivity contribution in [2.75, 3.05) is 5.33 Å². The third-order valence-electron chi connectivity index (χ3n) is 1.50. The maximum atomic E-state index is 10.6. The van der Waals surface area contributed by atoms with Gasteiger partial charge in [0.05, 0.1) is 0 Å². The Bertz CT molecular complexity index is 106. The molecule has 0 saturated heterocycles. The molecule has 60 valence electrons. The standard InChI is InChI=1S/C7H12BrClO/c1-2-6(7(9)10)4-3-5-8/h6H,2-5H2,1H3. The third kappa shape index (κ3) is 4.29. The first-order valence-corrected chi connectivity index (χ1v) is 4.97. The Labute approximate surface area is 75.3 Å². The highest BCUT2D eigenvalue weighted by atomic mass is 79.9. The molecule has 0 aromatic rings. The fraction of sp³-hybridized carbons (Fsp3) is 0.857. The Kier molecular flexibility index (Phi) is 6.44. The molecular weight excluding hydrogens is 215 g/mol. The summed E-state index contributed by atoms with van der Waals surface area (Å²) >= 11 is 8.63. The van der Waals surface area contributed by atoms with Gasteiger partial charge in [0, 0.05) is 11.2 Å². The van der Waals surface area contributed by atoms with Crippen molar-refractivity contribution in [3.8, 4) is 0 Å². The van der Waals surface area contributed by atoms with Crippen molar-refractivity contribution >= 4 is 32.8 Å². The van der Waals surface area contributed by atoms with Crippen LogP contribution in [0.4, 0.5) is 0 Å². The van der Waals surface area contributed by atoms with Crippen molar-refractivity contribution in [1.82, 2.24) is 0 Å².